The van der Waals surface area contributed by atoms with Crippen LogP contribution in [0, 0.1) is 0 Å². The van der Waals surface area contributed by atoms with Gasteiger partial charge in [-0.05, 0) is 23.6 Å². The molecule has 4 N–H and O–H groups in total. The van der Waals surface area contributed by atoms with E-state index in [1.807, 2.05) is 0 Å². The van der Waals surface area contributed by atoms with Crippen molar-refractivity contribution >= 4 is 49.6 Å². The fourth-order valence-corrected chi connectivity index (χ4v) is 3.31. The minimum absolute atomic E-state index is 0. The van der Waals surface area contributed by atoms with Gasteiger partial charge in [-0.25, -0.2) is 0 Å². The van der Waals surface area contributed by atoms with Gasteiger partial charge in [-0.2, -0.15) is 13.5 Å². The van der Waals surface area contributed by atoms with Crippen LogP contribution < -0.4 is 40.4 Å². The molecular weight excluding hydrogens is 405 g/mol. The number of rotatable bonds is 3. The summed E-state index contributed by atoms with van der Waals surface area (Å²) in [6.45, 7) is 0. The third-order valence-corrected chi connectivity index (χ3v) is 4.65. The van der Waals surface area contributed by atoms with Crippen LogP contribution in [-0.2, 0) is 10.1 Å². The van der Waals surface area contributed by atoms with Crippen LogP contribution in [0.1, 0.15) is 0 Å². The number of anilines is 1. The minimum Gasteiger partial charge on any atom is -0.871 e. The molecule has 11 heteroatoms. The molecule has 3 aromatic rings. The van der Waals surface area contributed by atoms with Gasteiger partial charge in [0, 0.05) is 16.1 Å². The first kappa shape index (κ1) is 21.4. The second-order valence-electron chi connectivity index (χ2n) is 5.30. The number of azo groups is 1. The molecular formula is C16H11ClN3NaO5S. The minimum atomic E-state index is -4.73. The van der Waals surface area contributed by atoms with E-state index in [1.54, 1.807) is 24.3 Å². The number of benzene rings is 3. The molecule has 0 aliphatic heterocycles. The standard InChI is InChI=1S/C16H12ClN3O5S.Na/c17-9-6-11(16(22)13(7-9)26(23,24)25)19-20-15-12(21)5-4-8-2-1-3-10(18)14(8)15;/h1-7,21-22H,18H2,(H,23,24,25);/q;+1/p-1. The van der Waals surface area contributed by atoms with E-state index in [2.05, 4.69) is 10.2 Å². The predicted octanol–water partition coefficient (Wildman–Crippen LogP) is 0.521. The van der Waals surface area contributed by atoms with Crippen molar-refractivity contribution in [2.75, 3.05) is 5.73 Å². The van der Waals surface area contributed by atoms with E-state index in [4.69, 9.17) is 21.9 Å². The van der Waals surface area contributed by atoms with Crippen LogP contribution in [0.5, 0.6) is 11.5 Å². The third-order valence-electron chi connectivity index (χ3n) is 3.57. The van der Waals surface area contributed by atoms with Gasteiger partial charge < -0.3 is 15.9 Å². The molecule has 0 unspecified atom stereocenters. The Hall–Kier alpha value is -1.88. The van der Waals surface area contributed by atoms with Gasteiger partial charge >= 0.3 is 29.6 Å². The first-order chi connectivity index (χ1) is 12.2. The Bertz CT molecular complexity index is 1170. The Labute approximate surface area is 181 Å². The molecule has 0 saturated carbocycles. The van der Waals surface area contributed by atoms with Crippen molar-refractivity contribution in [3.8, 4) is 11.5 Å². The summed E-state index contributed by atoms with van der Waals surface area (Å²) in [5.41, 5.74) is 5.80. The number of hydrogen-bond donors (Lipinski definition) is 3. The second-order valence-corrected chi connectivity index (χ2v) is 7.13. The smallest absolute Gasteiger partial charge is 0.871 e. The van der Waals surface area contributed by atoms with Gasteiger partial charge in [0.05, 0.1) is 5.69 Å². The topological polar surface area (TPSA) is 148 Å². The van der Waals surface area contributed by atoms with E-state index in [0.29, 0.717) is 16.5 Å². The van der Waals surface area contributed by atoms with E-state index in [0.717, 1.165) is 12.1 Å². The zero-order chi connectivity index (χ0) is 19.1. The summed E-state index contributed by atoms with van der Waals surface area (Å²) in [5.74, 6) is -1.31. The Morgan fingerprint density at radius 3 is 2.48 bits per heavy atom. The third kappa shape index (κ3) is 4.34. The second kappa shape index (κ2) is 8.01. The average molecular weight is 416 g/mol. The average Bonchev–Trinajstić information content (AvgIpc) is 2.56. The molecule has 3 aromatic carbocycles. The molecule has 0 spiro atoms. The van der Waals surface area contributed by atoms with Crippen molar-refractivity contribution < 1.29 is 52.7 Å². The van der Waals surface area contributed by atoms with Gasteiger partial charge in [-0.15, -0.1) is 5.11 Å². The van der Waals surface area contributed by atoms with Gasteiger partial charge in [-0.1, -0.05) is 41.6 Å². The molecule has 0 heterocycles. The Morgan fingerprint density at radius 1 is 1.11 bits per heavy atom. The van der Waals surface area contributed by atoms with Gasteiger partial charge in [0.1, 0.15) is 10.6 Å². The number of aromatic hydroxyl groups is 1. The number of phenolic OH excluding ortho intramolecular Hbond substituents is 1. The largest absolute Gasteiger partial charge is 1.00 e. The molecule has 134 valence electrons. The Balaban J connectivity index is 0.00000261. The molecule has 0 radical (unpaired) electrons. The summed E-state index contributed by atoms with van der Waals surface area (Å²) in [6.07, 6.45) is 0. The molecule has 0 aromatic heterocycles. The van der Waals surface area contributed by atoms with Crippen LogP contribution in [0.4, 0.5) is 17.1 Å². The van der Waals surface area contributed by atoms with E-state index in [1.165, 1.54) is 6.07 Å². The molecule has 27 heavy (non-hydrogen) atoms. The number of nitrogens with two attached hydrogens (primary N) is 1. The molecule has 3 rings (SSSR count). The van der Waals surface area contributed by atoms with Crippen molar-refractivity contribution in [3.63, 3.8) is 0 Å². The fourth-order valence-electron chi connectivity index (χ4n) is 2.41. The summed E-state index contributed by atoms with van der Waals surface area (Å²) >= 11 is 5.79. The molecule has 0 bridgehead atoms. The molecule has 0 fully saturated rings. The molecule has 8 nitrogen and oxygen atoms in total. The van der Waals surface area contributed by atoms with Crippen LogP contribution in [0.2, 0.25) is 5.02 Å². The van der Waals surface area contributed by atoms with Crippen molar-refractivity contribution in [3.05, 3.63) is 47.5 Å². The number of nitrogen functional groups attached to an aromatic ring is 1. The number of phenols is 1. The first-order valence-corrected chi connectivity index (χ1v) is 8.90. The maximum atomic E-state index is 12.2. The molecule has 0 atom stereocenters. The van der Waals surface area contributed by atoms with E-state index >= 15 is 0 Å². The zero-order valence-corrected chi connectivity index (χ0v) is 17.5. The maximum absolute atomic E-state index is 12.2. The van der Waals surface area contributed by atoms with Crippen molar-refractivity contribution in [1.82, 2.24) is 0 Å². The zero-order valence-electron chi connectivity index (χ0n) is 13.9. The summed E-state index contributed by atoms with van der Waals surface area (Å²) in [7, 11) is -4.73. The molecule has 0 aliphatic carbocycles. The summed E-state index contributed by atoms with van der Waals surface area (Å²) < 4.78 is 31.7. The van der Waals surface area contributed by atoms with Crippen molar-refractivity contribution in [2.45, 2.75) is 4.90 Å². The number of nitrogens with zero attached hydrogens (tertiary/aromatic N) is 2. The summed E-state index contributed by atoms with van der Waals surface area (Å²) in [6, 6.07) is 9.90. The SMILES string of the molecule is Nc1cccc2ccc([O-])c(N=Nc3cc(Cl)cc(S(=O)(=O)O)c3O)c12.[Na+]. The van der Waals surface area contributed by atoms with E-state index < -0.39 is 26.5 Å². The van der Waals surface area contributed by atoms with E-state index in [-0.39, 0.29) is 46.0 Å². The maximum Gasteiger partial charge on any atom is 1.00 e. The van der Waals surface area contributed by atoms with Crippen molar-refractivity contribution in [2.24, 2.45) is 10.2 Å². The van der Waals surface area contributed by atoms with Crippen LogP contribution in [-0.4, -0.2) is 18.1 Å². The van der Waals surface area contributed by atoms with Gasteiger partial charge in [-0.3, -0.25) is 4.55 Å². The summed E-state index contributed by atoms with van der Waals surface area (Å²) in [4.78, 5) is -0.821. The van der Waals surface area contributed by atoms with Crippen LogP contribution in [0.3, 0.4) is 0 Å². The van der Waals surface area contributed by atoms with Crippen molar-refractivity contribution in [1.29, 1.82) is 0 Å². The Morgan fingerprint density at radius 2 is 1.81 bits per heavy atom. The monoisotopic (exact) mass is 415 g/mol. The number of halogens is 1. The van der Waals surface area contributed by atoms with E-state index in [9.17, 15) is 18.6 Å². The summed E-state index contributed by atoms with van der Waals surface area (Å²) in [5, 5.41) is 30.6. The Kier molecular flexibility index (Phi) is 6.35. The van der Waals surface area contributed by atoms with Crippen LogP contribution in [0.15, 0.2) is 57.6 Å². The number of fused-ring (bicyclic) bond motifs is 1. The fraction of sp³-hybridized carbons (Fsp3) is 0. The molecule has 0 saturated heterocycles. The quantitative estimate of drug-likeness (QED) is 0.246. The van der Waals surface area contributed by atoms with Crippen LogP contribution in [0.25, 0.3) is 10.8 Å². The predicted molar refractivity (Wildman–Crippen MR) is 94.9 cm³/mol. The molecule has 0 amide bonds. The van der Waals surface area contributed by atoms with Crippen LogP contribution >= 0.6 is 11.6 Å². The normalized spacial score (nSPS) is 11.6. The number of hydrogen-bond acceptors (Lipinski definition) is 7. The van der Waals surface area contributed by atoms with Gasteiger partial charge in [0.2, 0.25) is 0 Å². The van der Waals surface area contributed by atoms with Gasteiger partial charge in [0.25, 0.3) is 10.1 Å². The van der Waals surface area contributed by atoms with Gasteiger partial charge in [0.15, 0.2) is 5.75 Å². The first-order valence-electron chi connectivity index (χ1n) is 7.08. The molecule has 0 aliphatic rings.